The first-order chi connectivity index (χ1) is 7.74. The summed E-state index contributed by atoms with van der Waals surface area (Å²) in [6, 6.07) is 0. The molecule has 0 spiro atoms. The fourth-order valence-electron chi connectivity index (χ4n) is 3.52. The van der Waals surface area contributed by atoms with Gasteiger partial charge in [0.15, 0.2) is 0 Å². The molecular weight excluding hydrogens is 222 g/mol. The van der Waals surface area contributed by atoms with Crippen LogP contribution in [0.5, 0.6) is 0 Å². The summed E-state index contributed by atoms with van der Waals surface area (Å²) in [5.74, 6) is 2.78. The van der Waals surface area contributed by atoms with Crippen LogP contribution < -0.4 is 5.32 Å². The van der Waals surface area contributed by atoms with Crippen LogP contribution in [0.1, 0.15) is 38.5 Å². The molecule has 1 N–H and O–H groups in total. The fourth-order valence-corrected chi connectivity index (χ4v) is 3.85. The van der Waals surface area contributed by atoms with Gasteiger partial charge in [0, 0.05) is 12.5 Å². The van der Waals surface area contributed by atoms with E-state index in [9.17, 15) is 4.79 Å². The summed E-state index contributed by atoms with van der Waals surface area (Å²) in [5, 5.41) is 3.23. The topological polar surface area (TPSA) is 29.1 Å². The predicted molar refractivity (Wildman–Crippen MR) is 64.3 cm³/mol. The van der Waals surface area contributed by atoms with Gasteiger partial charge in [-0.05, 0) is 49.9 Å². The highest BCUT2D eigenvalue weighted by atomic mass is 35.5. The van der Waals surface area contributed by atoms with Crippen molar-refractivity contribution in [2.75, 3.05) is 6.54 Å². The van der Waals surface area contributed by atoms with Gasteiger partial charge in [0.2, 0.25) is 5.91 Å². The molecule has 0 saturated heterocycles. The summed E-state index contributed by atoms with van der Waals surface area (Å²) in [6.45, 7) is 0.680. The second-order valence-corrected chi connectivity index (χ2v) is 6.44. The maximum Gasteiger partial charge on any atom is 0.223 e. The molecule has 3 fully saturated rings. The number of rotatable bonds is 4. The minimum atomic E-state index is 0.169. The Morgan fingerprint density at radius 1 is 1.25 bits per heavy atom. The van der Waals surface area contributed by atoms with E-state index in [0.29, 0.717) is 24.3 Å². The largest absolute Gasteiger partial charge is 0.354 e. The van der Waals surface area contributed by atoms with Gasteiger partial charge in [-0.25, -0.2) is 0 Å². The molecule has 2 bridgehead atoms. The normalized spacial score (nSPS) is 38.7. The lowest BCUT2D eigenvalue weighted by molar-refractivity contribution is -0.126. The SMILES string of the molecule is O=C(NCC(Cl)C1CC1)C1CC2CCC1C2. The van der Waals surface area contributed by atoms with E-state index in [1.807, 2.05) is 0 Å². The van der Waals surface area contributed by atoms with Gasteiger partial charge in [-0.2, -0.15) is 0 Å². The number of amides is 1. The monoisotopic (exact) mass is 241 g/mol. The third-order valence-electron chi connectivity index (χ3n) is 4.68. The molecule has 16 heavy (non-hydrogen) atoms. The zero-order chi connectivity index (χ0) is 11.1. The number of alkyl halides is 1. The van der Waals surface area contributed by atoms with Crippen molar-refractivity contribution in [3.8, 4) is 0 Å². The van der Waals surface area contributed by atoms with Crippen LogP contribution in [0.2, 0.25) is 0 Å². The van der Waals surface area contributed by atoms with Crippen molar-refractivity contribution in [3.05, 3.63) is 0 Å². The number of carbonyl (C=O) groups excluding carboxylic acids is 1. The van der Waals surface area contributed by atoms with Crippen LogP contribution in [-0.2, 0) is 4.79 Å². The number of hydrogen-bond acceptors (Lipinski definition) is 1. The third-order valence-corrected chi connectivity index (χ3v) is 5.19. The summed E-state index contributed by atoms with van der Waals surface area (Å²) in [5.41, 5.74) is 0. The minimum Gasteiger partial charge on any atom is -0.354 e. The molecule has 3 heteroatoms. The van der Waals surface area contributed by atoms with Crippen molar-refractivity contribution in [1.29, 1.82) is 0 Å². The highest BCUT2D eigenvalue weighted by molar-refractivity contribution is 6.21. The molecule has 3 aliphatic carbocycles. The first-order valence-electron chi connectivity index (χ1n) is 6.66. The summed E-state index contributed by atoms with van der Waals surface area (Å²) >= 11 is 6.19. The summed E-state index contributed by atoms with van der Waals surface area (Å²) < 4.78 is 0. The van der Waals surface area contributed by atoms with Gasteiger partial charge in [0.05, 0.1) is 5.38 Å². The second kappa shape index (κ2) is 4.21. The molecule has 0 aromatic heterocycles. The van der Waals surface area contributed by atoms with Gasteiger partial charge in [-0.1, -0.05) is 6.42 Å². The van der Waals surface area contributed by atoms with Crippen molar-refractivity contribution < 1.29 is 4.79 Å². The average molecular weight is 242 g/mol. The second-order valence-electron chi connectivity index (χ2n) is 5.88. The van der Waals surface area contributed by atoms with E-state index in [1.165, 1.54) is 32.1 Å². The Kier molecular flexibility index (Phi) is 2.87. The first-order valence-corrected chi connectivity index (χ1v) is 7.09. The van der Waals surface area contributed by atoms with Gasteiger partial charge < -0.3 is 5.32 Å². The van der Waals surface area contributed by atoms with Crippen LogP contribution in [0.25, 0.3) is 0 Å². The van der Waals surface area contributed by atoms with Gasteiger partial charge in [-0.3, -0.25) is 4.79 Å². The zero-order valence-corrected chi connectivity index (χ0v) is 10.4. The van der Waals surface area contributed by atoms with E-state index >= 15 is 0 Å². The summed E-state index contributed by atoms with van der Waals surface area (Å²) in [6.07, 6.45) is 7.55. The summed E-state index contributed by atoms with van der Waals surface area (Å²) in [4.78, 5) is 12.0. The number of halogens is 1. The molecular formula is C13H20ClNO. The van der Waals surface area contributed by atoms with Crippen molar-refractivity contribution in [2.24, 2.45) is 23.7 Å². The lowest BCUT2D eigenvalue weighted by Gasteiger charge is -2.21. The standard InChI is InChI=1S/C13H20ClNO/c14-12(9-3-4-9)7-15-13(16)11-6-8-1-2-10(11)5-8/h8-12H,1-7H2,(H,15,16). The number of fused-ring (bicyclic) bond motifs is 2. The van der Waals surface area contributed by atoms with E-state index in [2.05, 4.69) is 5.32 Å². The van der Waals surface area contributed by atoms with E-state index in [0.717, 1.165) is 12.3 Å². The van der Waals surface area contributed by atoms with Gasteiger partial charge in [0.1, 0.15) is 0 Å². The minimum absolute atomic E-state index is 0.169. The van der Waals surface area contributed by atoms with Crippen LogP contribution in [0.3, 0.4) is 0 Å². The fraction of sp³-hybridized carbons (Fsp3) is 0.923. The first kappa shape index (κ1) is 10.9. The molecule has 2 nitrogen and oxygen atoms in total. The number of carbonyl (C=O) groups is 1. The van der Waals surface area contributed by atoms with Crippen LogP contribution >= 0.6 is 11.6 Å². The van der Waals surface area contributed by atoms with E-state index < -0.39 is 0 Å². The van der Waals surface area contributed by atoms with Crippen LogP contribution in [0.4, 0.5) is 0 Å². The Bertz CT molecular complexity index is 290. The van der Waals surface area contributed by atoms with Crippen LogP contribution in [0, 0.1) is 23.7 Å². The molecule has 1 amide bonds. The number of nitrogens with one attached hydrogen (secondary N) is 1. The van der Waals surface area contributed by atoms with Gasteiger partial charge in [-0.15, -0.1) is 11.6 Å². The van der Waals surface area contributed by atoms with Gasteiger partial charge >= 0.3 is 0 Å². The Morgan fingerprint density at radius 3 is 2.62 bits per heavy atom. The Labute approximate surface area is 102 Å². The van der Waals surface area contributed by atoms with Crippen molar-refractivity contribution >= 4 is 17.5 Å². The van der Waals surface area contributed by atoms with E-state index in [1.54, 1.807) is 0 Å². The highest BCUT2D eigenvalue weighted by Crippen LogP contribution is 2.48. The molecule has 0 aromatic rings. The van der Waals surface area contributed by atoms with E-state index in [4.69, 9.17) is 11.6 Å². The van der Waals surface area contributed by atoms with Crippen molar-refractivity contribution in [2.45, 2.75) is 43.9 Å². The maximum atomic E-state index is 12.0. The third kappa shape index (κ3) is 2.09. The molecule has 90 valence electrons. The quantitative estimate of drug-likeness (QED) is 0.753. The predicted octanol–water partition coefficient (Wildman–Crippen LogP) is 2.56. The molecule has 0 heterocycles. The molecule has 0 aliphatic heterocycles. The molecule has 0 aromatic carbocycles. The average Bonchev–Trinajstić information content (AvgIpc) is 2.94. The molecule has 3 rings (SSSR count). The van der Waals surface area contributed by atoms with Crippen molar-refractivity contribution in [3.63, 3.8) is 0 Å². The Balaban J connectivity index is 1.46. The highest BCUT2D eigenvalue weighted by Gasteiger charge is 2.43. The maximum absolute atomic E-state index is 12.0. The molecule has 3 aliphatic rings. The zero-order valence-electron chi connectivity index (χ0n) is 9.62. The van der Waals surface area contributed by atoms with E-state index in [-0.39, 0.29) is 11.3 Å². The van der Waals surface area contributed by atoms with Crippen LogP contribution in [-0.4, -0.2) is 17.8 Å². The Hall–Kier alpha value is -0.240. The molecule has 0 radical (unpaired) electrons. The molecule has 4 atom stereocenters. The molecule has 4 unspecified atom stereocenters. The summed E-state index contributed by atoms with van der Waals surface area (Å²) in [7, 11) is 0. The van der Waals surface area contributed by atoms with Crippen molar-refractivity contribution in [1.82, 2.24) is 5.32 Å². The number of hydrogen-bond donors (Lipinski definition) is 1. The lowest BCUT2D eigenvalue weighted by atomic mass is 9.88. The Morgan fingerprint density at radius 2 is 2.06 bits per heavy atom. The molecule has 3 saturated carbocycles. The van der Waals surface area contributed by atoms with Gasteiger partial charge in [0.25, 0.3) is 0 Å². The lowest BCUT2D eigenvalue weighted by Crippen LogP contribution is -2.37. The smallest absolute Gasteiger partial charge is 0.223 e. The van der Waals surface area contributed by atoms with Crippen LogP contribution in [0.15, 0.2) is 0 Å².